The summed E-state index contributed by atoms with van der Waals surface area (Å²) in [5, 5.41) is 25.3. The lowest BCUT2D eigenvalue weighted by Gasteiger charge is -2.25. The van der Waals surface area contributed by atoms with Gasteiger partial charge in [0.15, 0.2) is 0 Å². The Morgan fingerprint density at radius 2 is 1.25 bits per heavy atom. The third kappa shape index (κ3) is 10.9. The SMILES string of the molecule is NC(=O)CCC(N)C(=O)NC(CCC(N)=O)C(=O)NC(Cc1ccccc1)C(=O)NC(CO)C(=O)O. The van der Waals surface area contributed by atoms with Gasteiger partial charge in [-0.25, -0.2) is 4.79 Å². The van der Waals surface area contributed by atoms with E-state index in [2.05, 4.69) is 16.0 Å². The van der Waals surface area contributed by atoms with E-state index in [-0.39, 0.29) is 32.1 Å². The number of carboxylic acid groups (broad SMARTS) is 1. The van der Waals surface area contributed by atoms with E-state index in [9.17, 15) is 33.9 Å². The average Bonchev–Trinajstić information content (AvgIpc) is 2.82. The lowest BCUT2D eigenvalue weighted by molar-refractivity contribution is -0.143. The molecule has 0 saturated heterocycles. The van der Waals surface area contributed by atoms with Gasteiger partial charge in [-0.05, 0) is 18.4 Å². The average molecular weight is 509 g/mol. The zero-order valence-corrected chi connectivity index (χ0v) is 19.5. The number of aliphatic carboxylic acids is 1. The lowest BCUT2D eigenvalue weighted by Crippen LogP contribution is -2.58. The van der Waals surface area contributed by atoms with Gasteiger partial charge >= 0.3 is 5.97 Å². The molecule has 1 aromatic carbocycles. The molecular formula is C22H32N6O8. The Hall–Kier alpha value is -4.04. The minimum Gasteiger partial charge on any atom is -0.480 e. The maximum atomic E-state index is 13.0. The number of carbonyl (C=O) groups excluding carboxylic acids is 5. The summed E-state index contributed by atoms with van der Waals surface area (Å²) in [6.07, 6.45) is -0.798. The van der Waals surface area contributed by atoms with Crippen LogP contribution >= 0.6 is 0 Å². The number of hydrogen-bond acceptors (Lipinski definition) is 8. The Kier molecular flexibility index (Phi) is 12.5. The Bertz CT molecular complexity index is 942. The molecule has 0 saturated carbocycles. The number of carbonyl (C=O) groups is 6. The second kappa shape index (κ2) is 15.1. The van der Waals surface area contributed by atoms with Crippen LogP contribution in [0.15, 0.2) is 30.3 Å². The maximum absolute atomic E-state index is 13.0. The summed E-state index contributed by atoms with van der Waals surface area (Å²) < 4.78 is 0. The summed E-state index contributed by atoms with van der Waals surface area (Å²) >= 11 is 0. The highest BCUT2D eigenvalue weighted by molar-refractivity contribution is 5.94. The fraction of sp³-hybridized carbons (Fsp3) is 0.455. The smallest absolute Gasteiger partial charge is 0.328 e. The summed E-state index contributed by atoms with van der Waals surface area (Å²) in [4.78, 5) is 71.7. The van der Waals surface area contributed by atoms with Crippen LogP contribution in [0.5, 0.6) is 0 Å². The van der Waals surface area contributed by atoms with E-state index in [0.29, 0.717) is 5.56 Å². The van der Waals surface area contributed by atoms with E-state index in [1.807, 2.05) is 0 Å². The summed E-state index contributed by atoms with van der Waals surface area (Å²) in [7, 11) is 0. The molecule has 14 nitrogen and oxygen atoms in total. The van der Waals surface area contributed by atoms with Gasteiger partial charge in [0.25, 0.3) is 0 Å². The van der Waals surface area contributed by atoms with E-state index in [4.69, 9.17) is 22.3 Å². The first-order chi connectivity index (χ1) is 16.9. The van der Waals surface area contributed by atoms with Crippen LogP contribution in [0.3, 0.4) is 0 Å². The van der Waals surface area contributed by atoms with E-state index < -0.39 is 66.3 Å². The van der Waals surface area contributed by atoms with Crippen LogP contribution in [0.2, 0.25) is 0 Å². The van der Waals surface area contributed by atoms with Crippen molar-refractivity contribution in [2.45, 2.75) is 56.3 Å². The summed E-state index contributed by atoms with van der Waals surface area (Å²) in [6, 6.07) is 3.07. The largest absolute Gasteiger partial charge is 0.480 e. The minimum atomic E-state index is -1.61. The first-order valence-corrected chi connectivity index (χ1v) is 11.1. The van der Waals surface area contributed by atoms with Crippen molar-refractivity contribution >= 4 is 35.5 Å². The van der Waals surface area contributed by atoms with Gasteiger partial charge in [0, 0.05) is 19.3 Å². The lowest BCUT2D eigenvalue weighted by atomic mass is 10.0. The molecule has 5 amide bonds. The molecule has 0 aromatic heterocycles. The fourth-order valence-electron chi connectivity index (χ4n) is 3.05. The highest BCUT2D eigenvalue weighted by Gasteiger charge is 2.30. The first-order valence-electron chi connectivity index (χ1n) is 11.1. The third-order valence-electron chi connectivity index (χ3n) is 5.06. The standard InChI is InChI=1S/C22H32N6O8/c23-13(6-8-17(24)30)19(32)26-14(7-9-18(25)31)20(33)27-15(10-12-4-2-1-3-5-12)21(34)28-16(11-29)22(35)36/h1-5,13-16,29H,6-11,23H2,(H2,24,30)(H2,25,31)(H,26,32)(H,27,33)(H,28,34)(H,35,36). The van der Waals surface area contributed by atoms with E-state index in [1.54, 1.807) is 30.3 Å². The van der Waals surface area contributed by atoms with Gasteiger partial charge < -0.3 is 43.4 Å². The van der Waals surface area contributed by atoms with Gasteiger partial charge in [0.2, 0.25) is 29.5 Å². The quantitative estimate of drug-likeness (QED) is 0.111. The molecule has 0 aliphatic rings. The highest BCUT2D eigenvalue weighted by Crippen LogP contribution is 2.07. The van der Waals surface area contributed by atoms with Gasteiger partial charge in [-0.15, -0.1) is 0 Å². The number of amides is 5. The molecule has 198 valence electrons. The number of nitrogens with two attached hydrogens (primary N) is 3. The van der Waals surface area contributed by atoms with Gasteiger partial charge in [0.05, 0.1) is 12.6 Å². The van der Waals surface area contributed by atoms with Gasteiger partial charge in [-0.1, -0.05) is 30.3 Å². The molecule has 0 fully saturated rings. The molecule has 0 aliphatic heterocycles. The first kappa shape index (κ1) is 30.0. The topological polar surface area (TPSA) is 257 Å². The highest BCUT2D eigenvalue weighted by atomic mass is 16.4. The molecule has 4 atom stereocenters. The Morgan fingerprint density at radius 1 is 0.750 bits per heavy atom. The van der Waals surface area contributed by atoms with Gasteiger partial charge in [-0.2, -0.15) is 0 Å². The predicted octanol–water partition coefficient (Wildman–Crippen LogP) is -3.38. The van der Waals surface area contributed by atoms with Crippen molar-refractivity contribution in [1.29, 1.82) is 0 Å². The van der Waals surface area contributed by atoms with Crippen LogP contribution in [0.25, 0.3) is 0 Å². The predicted molar refractivity (Wildman–Crippen MR) is 125 cm³/mol. The number of primary amides is 2. The number of aliphatic hydroxyl groups is 1. The van der Waals surface area contributed by atoms with Crippen molar-refractivity contribution in [2.24, 2.45) is 17.2 Å². The number of rotatable bonds is 16. The molecule has 0 radical (unpaired) electrons. The molecule has 1 aromatic rings. The van der Waals surface area contributed by atoms with Crippen LogP contribution < -0.4 is 33.2 Å². The van der Waals surface area contributed by atoms with Crippen molar-refractivity contribution in [3.8, 4) is 0 Å². The Morgan fingerprint density at radius 3 is 1.78 bits per heavy atom. The van der Waals surface area contributed by atoms with E-state index >= 15 is 0 Å². The number of aliphatic hydroxyl groups excluding tert-OH is 1. The molecular weight excluding hydrogens is 476 g/mol. The summed E-state index contributed by atoms with van der Waals surface area (Å²) in [5.41, 5.74) is 16.6. The Balaban J connectivity index is 3.08. The van der Waals surface area contributed by atoms with Gasteiger partial charge in [0.1, 0.15) is 18.1 Å². The van der Waals surface area contributed by atoms with Crippen molar-refractivity contribution in [3.05, 3.63) is 35.9 Å². The zero-order valence-electron chi connectivity index (χ0n) is 19.5. The maximum Gasteiger partial charge on any atom is 0.328 e. The number of benzene rings is 1. The molecule has 14 heteroatoms. The monoisotopic (exact) mass is 508 g/mol. The molecule has 0 heterocycles. The normalized spacial score (nSPS) is 13.9. The van der Waals surface area contributed by atoms with Crippen molar-refractivity contribution in [1.82, 2.24) is 16.0 Å². The molecule has 0 bridgehead atoms. The van der Waals surface area contributed by atoms with Crippen LogP contribution in [0.4, 0.5) is 0 Å². The van der Waals surface area contributed by atoms with Crippen molar-refractivity contribution < 1.29 is 39.0 Å². The Labute approximate surface area is 206 Å². The zero-order chi connectivity index (χ0) is 27.3. The van der Waals surface area contributed by atoms with Crippen LogP contribution in [-0.4, -0.2) is 76.5 Å². The van der Waals surface area contributed by atoms with Crippen molar-refractivity contribution in [2.75, 3.05) is 6.61 Å². The summed E-state index contributed by atoms with van der Waals surface area (Å²) in [5.74, 6) is -5.45. The van der Waals surface area contributed by atoms with Crippen LogP contribution in [0.1, 0.15) is 31.2 Å². The molecule has 1 rings (SSSR count). The molecule has 4 unspecified atom stereocenters. The van der Waals surface area contributed by atoms with Gasteiger partial charge in [-0.3, -0.25) is 24.0 Å². The van der Waals surface area contributed by atoms with E-state index in [1.165, 1.54) is 0 Å². The summed E-state index contributed by atoms with van der Waals surface area (Å²) in [6.45, 7) is -0.881. The number of nitrogens with one attached hydrogen (secondary N) is 3. The van der Waals surface area contributed by atoms with E-state index in [0.717, 1.165) is 0 Å². The van der Waals surface area contributed by atoms with Crippen LogP contribution in [0, 0.1) is 0 Å². The molecule has 11 N–H and O–H groups in total. The number of carboxylic acids is 1. The fourth-order valence-corrected chi connectivity index (χ4v) is 3.05. The second-order valence-corrected chi connectivity index (χ2v) is 8.01. The van der Waals surface area contributed by atoms with Crippen molar-refractivity contribution in [3.63, 3.8) is 0 Å². The molecule has 0 aliphatic carbocycles. The second-order valence-electron chi connectivity index (χ2n) is 8.01. The number of hydrogen-bond donors (Lipinski definition) is 8. The van der Waals surface area contributed by atoms with Crippen LogP contribution in [-0.2, 0) is 35.2 Å². The third-order valence-corrected chi connectivity index (χ3v) is 5.06. The molecule has 0 spiro atoms. The molecule has 36 heavy (non-hydrogen) atoms. The minimum absolute atomic E-state index is 0.0508.